The van der Waals surface area contributed by atoms with E-state index in [0.29, 0.717) is 24.4 Å². The molecule has 0 bridgehead atoms. The maximum atomic E-state index is 5.15. The molecule has 0 atom stereocenters. The smallest absolute Gasteiger partial charge is 0.231 e. The highest BCUT2D eigenvalue weighted by atomic mass is 16.5. The third-order valence-electron chi connectivity index (χ3n) is 2.99. The third-order valence-corrected chi connectivity index (χ3v) is 2.99. The van der Waals surface area contributed by atoms with Gasteiger partial charge in [0.05, 0.1) is 12.2 Å². The Morgan fingerprint density at radius 2 is 1.86 bits per heavy atom. The van der Waals surface area contributed by atoms with Crippen molar-refractivity contribution < 1.29 is 4.52 Å². The van der Waals surface area contributed by atoms with E-state index in [1.54, 1.807) is 7.05 Å². The van der Waals surface area contributed by atoms with Crippen molar-refractivity contribution >= 4 is 17.8 Å². The van der Waals surface area contributed by atoms with Crippen molar-refractivity contribution in [3.05, 3.63) is 17.5 Å². The molecule has 8 heteroatoms. The number of nitrogens with one attached hydrogen (secondary N) is 2. The van der Waals surface area contributed by atoms with Crippen molar-refractivity contribution in [1.29, 1.82) is 0 Å². The lowest BCUT2D eigenvalue weighted by Gasteiger charge is -2.19. The largest absolute Gasteiger partial charge is 0.359 e. The lowest BCUT2D eigenvalue weighted by atomic mass is 10.4. The number of aromatic nitrogens is 4. The molecule has 0 amide bonds. The Morgan fingerprint density at radius 1 is 1.14 bits per heavy atom. The van der Waals surface area contributed by atoms with Gasteiger partial charge >= 0.3 is 0 Å². The van der Waals surface area contributed by atoms with E-state index in [4.69, 9.17) is 4.52 Å². The standard InChI is InChI=1S/C13H21N7O/c1-5-20(6-2)13-17-11(14-4)16-12(18-13)15-8-10-7-9(3)19-21-10/h7H,5-6,8H2,1-4H3,(H2,14,15,16,17,18). The minimum atomic E-state index is 0.478. The van der Waals surface area contributed by atoms with Crippen LogP contribution in [-0.2, 0) is 6.54 Å². The molecule has 21 heavy (non-hydrogen) atoms. The fourth-order valence-corrected chi connectivity index (χ4v) is 1.87. The lowest BCUT2D eigenvalue weighted by Crippen LogP contribution is -2.25. The van der Waals surface area contributed by atoms with Crippen LogP contribution in [0.5, 0.6) is 0 Å². The Balaban J connectivity index is 2.16. The van der Waals surface area contributed by atoms with Crippen LogP contribution < -0.4 is 15.5 Å². The Bertz CT molecular complexity index is 580. The molecular weight excluding hydrogens is 270 g/mol. The van der Waals surface area contributed by atoms with Crippen LogP contribution in [0.3, 0.4) is 0 Å². The van der Waals surface area contributed by atoms with Crippen molar-refractivity contribution in [3.63, 3.8) is 0 Å². The first-order valence-corrected chi connectivity index (χ1v) is 7.01. The first-order chi connectivity index (χ1) is 10.2. The number of anilines is 3. The van der Waals surface area contributed by atoms with Gasteiger partial charge in [-0.1, -0.05) is 5.16 Å². The SMILES string of the molecule is CCN(CC)c1nc(NC)nc(NCc2cc(C)no2)n1. The van der Waals surface area contributed by atoms with Gasteiger partial charge in [0.15, 0.2) is 5.76 Å². The van der Waals surface area contributed by atoms with Crippen molar-refractivity contribution in [2.45, 2.75) is 27.3 Å². The van der Waals surface area contributed by atoms with E-state index in [-0.39, 0.29) is 0 Å². The second kappa shape index (κ2) is 6.87. The van der Waals surface area contributed by atoms with Gasteiger partial charge in [0, 0.05) is 26.2 Å². The van der Waals surface area contributed by atoms with Crippen LogP contribution in [0.2, 0.25) is 0 Å². The van der Waals surface area contributed by atoms with Gasteiger partial charge in [0.1, 0.15) is 0 Å². The zero-order valence-electron chi connectivity index (χ0n) is 12.8. The molecule has 8 nitrogen and oxygen atoms in total. The molecule has 0 radical (unpaired) electrons. The Hall–Kier alpha value is -2.38. The molecule has 0 aromatic carbocycles. The molecule has 114 valence electrons. The molecule has 0 fully saturated rings. The maximum absolute atomic E-state index is 5.15. The summed E-state index contributed by atoms with van der Waals surface area (Å²) in [5.41, 5.74) is 0.849. The molecule has 0 spiro atoms. The minimum absolute atomic E-state index is 0.478. The van der Waals surface area contributed by atoms with Crippen molar-refractivity contribution in [2.24, 2.45) is 0 Å². The quantitative estimate of drug-likeness (QED) is 0.796. The van der Waals surface area contributed by atoms with Gasteiger partial charge in [-0.3, -0.25) is 0 Å². The van der Waals surface area contributed by atoms with Crippen molar-refractivity contribution in [2.75, 3.05) is 35.7 Å². The van der Waals surface area contributed by atoms with Crippen LogP contribution in [0.25, 0.3) is 0 Å². The average molecular weight is 291 g/mol. The summed E-state index contributed by atoms with van der Waals surface area (Å²) in [6.45, 7) is 8.17. The topological polar surface area (TPSA) is 92.0 Å². The molecule has 2 heterocycles. The predicted molar refractivity (Wildman–Crippen MR) is 81.5 cm³/mol. The van der Waals surface area contributed by atoms with Crippen LogP contribution in [0.1, 0.15) is 25.3 Å². The summed E-state index contributed by atoms with van der Waals surface area (Å²) in [6, 6.07) is 1.87. The molecule has 0 saturated carbocycles. The van der Waals surface area contributed by atoms with Gasteiger partial charge in [0.2, 0.25) is 17.8 Å². The zero-order valence-corrected chi connectivity index (χ0v) is 12.8. The summed E-state index contributed by atoms with van der Waals surface area (Å²) < 4.78 is 5.15. The molecular formula is C13H21N7O. The van der Waals surface area contributed by atoms with Crippen molar-refractivity contribution in [3.8, 4) is 0 Å². The molecule has 2 aromatic rings. The number of nitrogens with zero attached hydrogens (tertiary/aromatic N) is 5. The first-order valence-electron chi connectivity index (χ1n) is 7.01. The van der Waals surface area contributed by atoms with Crippen LogP contribution in [0.15, 0.2) is 10.6 Å². The Morgan fingerprint density at radius 3 is 2.43 bits per heavy atom. The molecule has 2 aromatic heterocycles. The second-order valence-corrected chi connectivity index (χ2v) is 4.49. The molecule has 0 saturated heterocycles. The average Bonchev–Trinajstić information content (AvgIpc) is 2.92. The van der Waals surface area contributed by atoms with Crippen molar-refractivity contribution in [1.82, 2.24) is 20.1 Å². The summed E-state index contributed by atoms with van der Waals surface area (Å²) >= 11 is 0. The maximum Gasteiger partial charge on any atom is 0.231 e. The normalized spacial score (nSPS) is 10.5. The molecule has 2 rings (SSSR count). The molecule has 2 N–H and O–H groups in total. The summed E-state index contributed by atoms with van der Waals surface area (Å²) in [6.07, 6.45) is 0. The number of hydrogen-bond donors (Lipinski definition) is 2. The molecule has 0 aliphatic rings. The van der Waals surface area contributed by atoms with Gasteiger partial charge in [0.25, 0.3) is 0 Å². The van der Waals surface area contributed by atoms with Crippen LogP contribution in [-0.4, -0.2) is 40.2 Å². The van der Waals surface area contributed by atoms with E-state index in [2.05, 4.69) is 49.5 Å². The molecule has 0 aliphatic carbocycles. The summed E-state index contributed by atoms with van der Waals surface area (Å²) in [5.74, 6) is 2.42. The van der Waals surface area contributed by atoms with Gasteiger partial charge in [-0.15, -0.1) is 0 Å². The lowest BCUT2D eigenvalue weighted by molar-refractivity contribution is 0.384. The van der Waals surface area contributed by atoms with E-state index >= 15 is 0 Å². The number of rotatable bonds is 7. The van der Waals surface area contributed by atoms with Gasteiger partial charge in [-0.25, -0.2) is 0 Å². The second-order valence-electron chi connectivity index (χ2n) is 4.49. The summed E-state index contributed by atoms with van der Waals surface area (Å²) in [5, 5.41) is 9.92. The van der Waals surface area contributed by atoms with Crippen LogP contribution >= 0.6 is 0 Å². The first kappa shape index (κ1) is 15.0. The predicted octanol–water partition coefficient (Wildman–Crippen LogP) is 1.67. The van der Waals surface area contributed by atoms with Gasteiger partial charge in [-0.05, 0) is 20.8 Å². The van der Waals surface area contributed by atoms with Crippen LogP contribution in [0, 0.1) is 6.92 Å². The third kappa shape index (κ3) is 3.80. The van der Waals surface area contributed by atoms with Gasteiger partial charge < -0.3 is 20.1 Å². The fourth-order valence-electron chi connectivity index (χ4n) is 1.87. The van der Waals surface area contributed by atoms with E-state index in [1.807, 2.05) is 13.0 Å². The number of hydrogen-bond acceptors (Lipinski definition) is 8. The van der Waals surface area contributed by atoms with Gasteiger partial charge in [-0.2, -0.15) is 15.0 Å². The minimum Gasteiger partial charge on any atom is -0.359 e. The monoisotopic (exact) mass is 291 g/mol. The zero-order chi connectivity index (χ0) is 15.2. The van der Waals surface area contributed by atoms with E-state index in [9.17, 15) is 0 Å². The summed E-state index contributed by atoms with van der Waals surface area (Å²) in [7, 11) is 1.78. The Kier molecular flexibility index (Phi) is 4.91. The highest BCUT2D eigenvalue weighted by Gasteiger charge is 2.11. The summed E-state index contributed by atoms with van der Waals surface area (Å²) in [4.78, 5) is 15.2. The highest BCUT2D eigenvalue weighted by molar-refractivity contribution is 5.43. The highest BCUT2D eigenvalue weighted by Crippen LogP contribution is 2.14. The fraction of sp³-hybridized carbons (Fsp3) is 0.538. The molecule has 0 unspecified atom stereocenters. The van der Waals surface area contributed by atoms with E-state index in [1.165, 1.54) is 0 Å². The number of aryl methyl sites for hydroxylation is 1. The van der Waals surface area contributed by atoms with E-state index in [0.717, 1.165) is 24.5 Å². The van der Waals surface area contributed by atoms with Crippen LogP contribution in [0.4, 0.5) is 17.8 Å². The van der Waals surface area contributed by atoms with E-state index < -0.39 is 0 Å². The molecule has 0 aliphatic heterocycles. The Labute approximate surface area is 124 Å².